The van der Waals surface area contributed by atoms with Crippen molar-refractivity contribution < 1.29 is 19.3 Å². The number of ether oxygens (including phenoxy) is 3. The normalized spacial score (nSPS) is 11.8. The van der Waals surface area contributed by atoms with Gasteiger partial charge in [-0.05, 0) is 112 Å². The molecule has 4 nitrogen and oxygen atoms in total. The van der Waals surface area contributed by atoms with Gasteiger partial charge in [0.1, 0.15) is 30.8 Å². The quantitative estimate of drug-likeness (QED) is 0.152. The number of halogens is 5. The molecule has 2 aromatic rings. The average molecular weight is 704 g/mol. The van der Waals surface area contributed by atoms with Crippen LogP contribution >= 0.6 is 75.3 Å². The van der Waals surface area contributed by atoms with Gasteiger partial charge < -0.3 is 19.3 Å². The van der Waals surface area contributed by atoms with E-state index in [1.165, 1.54) is 0 Å². The van der Waals surface area contributed by atoms with Gasteiger partial charge in [0.2, 0.25) is 0 Å². The van der Waals surface area contributed by atoms with Gasteiger partial charge >= 0.3 is 0 Å². The van der Waals surface area contributed by atoms with Gasteiger partial charge in [0, 0.05) is 5.88 Å². The van der Waals surface area contributed by atoms with E-state index >= 15 is 0 Å². The Morgan fingerprint density at radius 3 is 1.90 bits per heavy atom. The molecule has 0 aliphatic carbocycles. The largest absolute Gasteiger partial charge is 0.491 e. The van der Waals surface area contributed by atoms with Crippen LogP contribution in [0, 0.1) is 12.3 Å². The first-order chi connectivity index (χ1) is 14.8. The van der Waals surface area contributed by atoms with E-state index in [1.54, 1.807) is 0 Å². The molecule has 1 N–H and O–H groups in total. The molecule has 9 heteroatoms. The molecule has 1 unspecified atom stereocenters. The van der Waals surface area contributed by atoms with Crippen LogP contribution in [0.3, 0.4) is 0 Å². The van der Waals surface area contributed by atoms with Crippen LogP contribution in [0.25, 0.3) is 0 Å². The molecule has 0 heterocycles. The molecule has 2 aromatic carbocycles. The molecule has 0 amide bonds. The summed E-state index contributed by atoms with van der Waals surface area (Å²) in [7, 11) is 0. The molecule has 0 aliphatic heterocycles. The lowest BCUT2D eigenvalue weighted by Crippen LogP contribution is -2.23. The summed E-state index contributed by atoms with van der Waals surface area (Å²) in [6.07, 6.45) is 5.84. The molecule has 1 atom stereocenters. The number of hydrogen-bond donors (Lipinski definition) is 1. The van der Waals surface area contributed by atoms with Crippen LogP contribution in [0.4, 0.5) is 0 Å². The van der Waals surface area contributed by atoms with Crippen LogP contribution in [-0.4, -0.2) is 43.5 Å². The van der Waals surface area contributed by atoms with Crippen LogP contribution in [-0.2, 0) is 11.2 Å². The highest BCUT2D eigenvalue weighted by atomic mass is 79.9. The van der Waals surface area contributed by atoms with E-state index in [0.29, 0.717) is 24.7 Å². The second kappa shape index (κ2) is 14.1. The lowest BCUT2D eigenvalue weighted by atomic mass is 10.0. The third-order valence-corrected chi connectivity index (χ3v) is 6.59. The van der Waals surface area contributed by atoms with Crippen molar-refractivity contribution in [2.24, 2.45) is 0 Å². The van der Waals surface area contributed by atoms with E-state index in [2.05, 4.69) is 69.6 Å². The van der Waals surface area contributed by atoms with Crippen LogP contribution < -0.4 is 9.47 Å². The zero-order chi connectivity index (χ0) is 22.8. The Bertz CT molecular complexity index is 871. The summed E-state index contributed by atoms with van der Waals surface area (Å²) in [6, 6.07) is 8.07. The maximum Gasteiger partial charge on any atom is 0.147 e. The van der Waals surface area contributed by atoms with Gasteiger partial charge in [-0.2, -0.15) is 0 Å². The van der Waals surface area contributed by atoms with E-state index in [9.17, 15) is 5.11 Å². The van der Waals surface area contributed by atoms with Crippen molar-refractivity contribution in [3.8, 4) is 23.8 Å². The molecule has 0 radical (unpaired) electrons. The lowest BCUT2D eigenvalue weighted by molar-refractivity contribution is 0.0225. The molecule has 0 saturated carbocycles. The zero-order valence-corrected chi connectivity index (χ0v) is 23.6. The zero-order valence-electron chi connectivity index (χ0n) is 16.5. The molecule has 0 fully saturated rings. The molecule has 168 valence electrons. The summed E-state index contributed by atoms with van der Waals surface area (Å²) < 4.78 is 20.0. The van der Waals surface area contributed by atoms with Crippen molar-refractivity contribution in [3.63, 3.8) is 0 Å². The standard InChI is InChI=1S/C22H21Br4ClO4/c1-2-5-29-12-16(28)13-31-22-19(25)10-15(11-20(22)26)7-14-8-17(23)21(18(24)9-14)30-6-3-4-27/h1,8-11,16,28H,3-7,12-13H2. The number of aliphatic hydroxyl groups is 1. The topological polar surface area (TPSA) is 47.9 Å². The fourth-order valence-electron chi connectivity index (χ4n) is 2.65. The summed E-state index contributed by atoms with van der Waals surface area (Å²) >= 11 is 20.0. The van der Waals surface area contributed by atoms with Crippen LogP contribution in [0.15, 0.2) is 42.2 Å². The summed E-state index contributed by atoms with van der Waals surface area (Å²) in [5, 5.41) is 9.94. The van der Waals surface area contributed by atoms with Gasteiger partial charge in [-0.3, -0.25) is 0 Å². The molecule has 0 aromatic heterocycles. The minimum Gasteiger partial charge on any atom is -0.491 e. The van der Waals surface area contributed by atoms with Crippen LogP contribution in [0.2, 0.25) is 0 Å². The number of aliphatic hydroxyl groups excluding tert-OH is 1. The van der Waals surface area contributed by atoms with Gasteiger partial charge in [-0.25, -0.2) is 0 Å². The number of hydrogen-bond acceptors (Lipinski definition) is 4. The number of benzene rings is 2. The van der Waals surface area contributed by atoms with E-state index in [1.807, 2.05) is 24.3 Å². The number of alkyl halides is 1. The second-order valence-corrected chi connectivity index (χ2v) is 10.3. The van der Waals surface area contributed by atoms with Gasteiger partial charge in [-0.15, -0.1) is 18.0 Å². The molecule has 2 rings (SSSR count). The van der Waals surface area contributed by atoms with Crippen LogP contribution in [0.1, 0.15) is 17.5 Å². The predicted molar refractivity (Wildman–Crippen MR) is 138 cm³/mol. The van der Waals surface area contributed by atoms with Crippen molar-refractivity contribution >= 4 is 75.3 Å². The maximum atomic E-state index is 9.94. The highest BCUT2D eigenvalue weighted by Gasteiger charge is 2.14. The molecule has 0 saturated heterocycles. The van der Waals surface area contributed by atoms with E-state index in [4.69, 9.17) is 32.2 Å². The molecular weight excluding hydrogens is 683 g/mol. The monoisotopic (exact) mass is 700 g/mol. The van der Waals surface area contributed by atoms with Crippen molar-refractivity contribution in [2.45, 2.75) is 18.9 Å². The van der Waals surface area contributed by atoms with Gasteiger partial charge in [0.05, 0.1) is 31.1 Å². The van der Waals surface area contributed by atoms with E-state index in [-0.39, 0.29) is 19.8 Å². The van der Waals surface area contributed by atoms with E-state index in [0.717, 1.165) is 41.2 Å². The molecule has 0 aliphatic rings. The molecule has 31 heavy (non-hydrogen) atoms. The average Bonchev–Trinajstić information content (AvgIpc) is 2.69. The van der Waals surface area contributed by atoms with Crippen molar-refractivity contribution in [1.29, 1.82) is 0 Å². The van der Waals surface area contributed by atoms with Crippen molar-refractivity contribution in [2.75, 3.05) is 32.3 Å². The van der Waals surface area contributed by atoms with Crippen LogP contribution in [0.5, 0.6) is 11.5 Å². The SMILES string of the molecule is C#CCOCC(O)COc1c(Br)cc(Cc2cc(Br)c(OCCCCl)c(Br)c2)cc1Br. The third-order valence-electron chi connectivity index (χ3n) is 3.96. The lowest BCUT2D eigenvalue weighted by Gasteiger charge is -2.16. The first kappa shape index (κ1) is 27.0. The Balaban J connectivity index is 2.05. The predicted octanol–water partition coefficient (Wildman–Crippen LogP) is 6.72. The second-order valence-electron chi connectivity index (χ2n) is 6.53. The number of terminal acetylenes is 1. The fourth-order valence-corrected chi connectivity index (χ4v) is 5.78. The number of rotatable bonds is 12. The smallest absolute Gasteiger partial charge is 0.147 e. The molecule has 0 bridgehead atoms. The Kier molecular flexibility index (Phi) is 12.3. The Labute approximate surface area is 221 Å². The van der Waals surface area contributed by atoms with Crippen molar-refractivity contribution in [3.05, 3.63) is 53.3 Å². The first-order valence-electron chi connectivity index (χ1n) is 9.32. The molecule has 0 spiro atoms. The van der Waals surface area contributed by atoms with Gasteiger partial charge in [0.25, 0.3) is 0 Å². The third kappa shape index (κ3) is 8.88. The highest BCUT2D eigenvalue weighted by molar-refractivity contribution is 9.11. The van der Waals surface area contributed by atoms with Crippen molar-refractivity contribution in [1.82, 2.24) is 0 Å². The van der Waals surface area contributed by atoms with Gasteiger partial charge in [0.15, 0.2) is 0 Å². The minimum atomic E-state index is -0.772. The summed E-state index contributed by atoms with van der Waals surface area (Å²) in [4.78, 5) is 0. The summed E-state index contributed by atoms with van der Waals surface area (Å²) in [5.74, 6) is 4.30. The first-order valence-corrected chi connectivity index (χ1v) is 13.0. The highest BCUT2D eigenvalue weighted by Crippen LogP contribution is 2.38. The Morgan fingerprint density at radius 1 is 0.903 bits per heavy atom. The summed E-state index contributed by atoms with van der Waals surface area (Å²) in [5.41, 5.74) is 2.19. The van der Waals surface area contributed by atoms with E-state index < -0.39 is 6.10 Å². The van der Waals surface area contributed by atoms with Gasteiger partial charge in [-0.1, -0.05) is 5.92 Å². The summed E-state index contributed by atoms with van der Waals surface area (Å²) in [6.45, 7) is 0.928. The molecular formula is C22H21Br4ClO4. The minimum absolute atomic E-state index is 0.0895. The fraction of sp³-hybridized carbons (Fsp3) is 0.364. The maximum absolute atomic E-state index is 9.94. The Hall–Kier alpha value is -0.270. The Morgan fingerprint density at radius 2 is 1.42 bits per heavy atom.